The van der Waals surface area contributed by atoms with Gasteiger partial charge in [0.2, 0.25) is 0 Å². The summed E-state index contributed by atoms with van der Waals surface area (Å²) in [6.07, 6.45) is 0. The van der Waals surface area contributed by atoms with Crippen LogP contribution in [0, 0.1) is 0 Å². The molecule has 0 atom stereocenters. The SMILES string of the molecule is NSSCCN1CCOCC1. The first kappa shape index (κ1) is 9.67. The molecule has 66 valence electrons. The van der Waals surface area contributed by atoms with E-state index in [4.69, 9.17) is 9.88 Å². The predicted molar refractivity (Wildman–Crippen MR) is 51.5 cm³/mol. The van der Waals surface area contributed by atoms with E-state index in [0.717, 1.165) is 38.6 Å². The van der Waals surface area contributed by atoms with Gasteiger partial charge in [0.15, 0.2) is 0 Å². The van der Waals surface area contributed by atoms with Crippen molar-refractivity contribution in [3.8, 4) is 0 Å². The van der Waals surface area contributed by atoms with E-state index in [1.165, 1.54) is 11.0 Å². The van der Waals surface area contributed by atoms with Crippen molar-refractivity contribution in [3.63, 3.8) is 0 Å². The van der Waals surface area contributed by atoms with Crippen LogP contribution >= 0.6 is 21.8 Å². The fourth-order valence-corrected chi connectivity index (χ4v) is 1.98. The van der Waals surface area contributed by atoms with Crippen LogP contribution in [-0.4, -0.2) is 43.5 Å². The zero-order valence-corrected chi connectivity index (χ0v) is 8.12. The summed E-state index contributed by atoms with van der Waals surface area (Å²) in [5, 5.41) is 5.28. The lowest BCUT2D eigenvalue weighted by atomic mass is 10.4. The molecule has 1 fully saturated rings. The van der Waals surface area contributed by atoms with Gasteiger partial charge in [0.25, 0.3) is 0 Å². The Hall–Kier alpha value is 0.580. The van der Waals surface area contributed by atoms with Gasteiger partial charge in [0.05, 0.1) is 13.2 Å². The molecule has 0 amide bonds. The van der Waals surface area contributed by atoms with Gasteiger partial charge in [-0.25, -0.2) is 0 Å². The molecule has 1 rings (SSSR count). The third kappa shape index (κ3) is 4.22. The fourth-order valence-electron chi connectivity index (χ4n) is 1.04. The normalized spacial score (nSPS) is 20.5. The summed E-state index contributed by atoms with van der Waals surface area (Å²) < 4.78 is 5.23. The molecule has 0 aromatic rings. The number of rotatable bonds is 4. The van der Waals surface area contributed by atoms with Gasteiger partial charge in [-0.2, -0.15) is 0 Å². The molecule has 0 bridgehead atoms. The van der Waals surface area contributed by atoms with E-state index < -0.39 is 0 Å². The first-order valence-electron chi connectivity index (χ1n) is 3.72. The van der Waals surface area contributed by atoms with Gasteiger partial charge in [-0.1, -0.05) is 10.8 Å². The van der Waals surface area contributed by atoms with Crippen LogP contribution in [0.3, 0.4) is 0 Å². The average molecular weight is 194 g/mol. The highest BCUT2D eigenvalue weighted by Gasteiger charge is 2.08. The molecule has 0 aromatic carbocycles. The molecular formula is C6H14N2OS2. The van der Waals surface area contributed by atoms with Crippen molar-refractivity contribution in [1.82, 2.24) is 4.90 Å². The predicted octanol–water partition coefficient (Wildman–Crippen LogP) is 0.574. The molecule has 1 aliphatic rings. The average Bonchev–Trinajstić information content (AvgIpc) is 2.07. The first-order valence-corrected chi connectivity index (χ1v) is 6.10. The van der Waals surface area contributed by atoms with Crippen molar-refractivity contribution in [3.05, 3.63) is 0 Å². The van der Waals surface area contributed by atoms with E-state index >= 15 is 0 Å². The molecule has 1 aliphatic heterocycles. The maximum absolute atomic E-state index is 5.28. The second-order valence-electron chi connectivity index (χ2n) is 2.37. The second kappa shape index (κ2) is 6.14. The van der Waals surface area contributed by atoms with Crippen LogP contribution in [-0.2, 0) is 4.74 Å². The largest absolute Gasteiger partial charge is 0.379 e. The highest BCUT2D eigenvalue weighted by molar-refractivity contribution is 8.75. The van der Waals surface area contributed by atoms with Gasteiger partial charge < -0.3 is 4.74 Å². The van der Waals surface area contributed by atoms with Crippen LogP contribution in [0.25, 0.3) is 0 Å². The van der Waals surface area contributed by atoms with Gasteiger partial charge in [-0.3, -0.25) is 10.0 Å². The van der Waals surface area contributed by atoms with Crippen LogP contribution in [0.1, 0.15) is 0 Å². The number of hydrogen-bond acceptors (Lipinski definition) is 5. The molecule has 0 aliphatic carbocycles. The summed E-state index contributed by atoms with van der Waals surface area (Å²) in [5.74, 6) is 1.11. The molecule has 0 saturated carbocycles. The molecule has 1 saturated heterocycles. The zero-order valence-electron chi connectivity index (χ0n) is 6.49. The molecule has 3 nitrogen and oxygen atoms in total. The van der Waals surface area contributed by atoms with E-state index in [0.29, 0.717) is 0 Å². The van der Waals surface area contributed by atoms with Crippen LogP contribution < -0.4 is 5.14 Å². The highest BCUT2D eigenvalue weighted by atomic mass is 33.1. The third-order valence-corrected chi connectivity index (χ3v) is 3.06. The van der Waals surface area contributed by atoms with Gasteiger partial charge in [0, 0.05) is 25.4 Å². The lowest BCUT2D eigenvalue weighted by Crippen LogP contribution is -2.37. The molecule has 0 unspecified atom stereocenters. The Labute approximate surface area is 75.6 Å². The summed E-state index contributed by atoms with van der Waals surface area (Å²) in [4.78, 5) is 2.41. The van der Waals surface area contributed by atoms with E-state index in [-0.39, 0.29) is 0 Å². The maximum atomic E-state index is 5.28. The van der Waals surface area contributed by atoms with Crippen LogP contribution in [0.4, 0.5) is 0 Å². The summed E-state index contributed by atoms with van der Waals surface area (Å²) in [6, 6.07) is 0. The zero-order chi connectivity index (χ0) is 7.94. The van der Waals surface area contributed by atoms with Crippen LogP contribution in [0.5, 0.6) is 0 Å². The van der Waals surface area contributed by atoms with Gasteiger partial charge >= 0.3 is 0 Å². The number of ether oxygens (including phenoxy) is 1. The summed E-state index contributed by atoms with van der Waals surface area (Å²) >= 11 is 0. The first-order chi connectivity index (χ1) is 5.43. The molecule has 1 heterocycles. The lowest BCUT2D eigenvalue weighted by molar-refractivity contribution is 0.0410. The Balaban J connectivity index is 1.96. The van der Waals surface area contributed by atoms with Crippen LogP contribution in [0.2, 0.25) is 0 Å². The van der Waals surface area contributed by atoms with E-state index in [1.54, 1.807) is 10.8 Å². The Morgan fingerprint density at radius 2 is 2.09 bits per heavy atom. The van der Waals surface area contributed by atoms with E-state index in [9.17, 15) is 0 Å². The topological polar surface area (TPSA) is 38.5 Å². The number of morpholine rings is 1. The summed E-state index contributed by atoms with van der Waals surface area (Å²) in [6.45, 7) is 5.07. The van der Waals surface area contributed by atoms with Crippen molar-refractivity contribution in [1.29, 1.82) is 0 Å². The van der Waals surface area contributed by atoms with Gasteiger partial charge in [-0.15, -0.1) is 0 Å². The minimum atomic E-state index is 0.889. The third-order valence-electron chi connectivity index (χ3n) is 1.66. The minimum Gasteiger partial charge on any atom is -0.379 e. The monoisotopic (exact) mass is 194 g/mol. The van der Waals surface area contributed by atoms with Crippen molar-refractivity contribution in [2.45, 2.75) is 0 Å². The van der Waals surface area contributed by atoms with Crippen molar-refractivity contribution < 1.29 is 4.74 Å². The maximum Gasteiger partial charge on any atom is 0.0594 e. The highest BCUT2D eigenvalue weighted by Crippen LogP contribution is 2.12. The molecule has 2 N–H and O–H groups in total. The quantitative estimate of drug-likeness (QED) is 0.402. The Bertz CT molecular complexity index is 98.6. The van der Waals surface area contributed by atoms with Crippen molar-refractivity contribution in [2.75, 3.05) is 38.6 Å². The summed E-state index contributed by atoms with van der Waals surface area (Å²) in [5.41, 5.74) is 0. The Morgan fingerprint density at radius 1 is 1.36 bits per heavy atom. The second-order valence-corrected chi connectivity index (χ2v) is 4.49. The van der Waals surface area contributed by atoms with E-state index in [1.807, 2.05) is 0 Å². The standard InChI is InChI=1S/C6H14N2OS2/c7-11-10-6-3-8-1-4-9-5-2-8/h1-7H2. The molecule has 0 aromatic heterocycles. The fraction of sp³-hybridized carbons (Fsp3) is 1.00. The number of nitrogens with zero attached hydrogens (tertiary/aromatic N) is 1. The number of nitrogens with two attached hydrogens (primary N) is 1. The van der Waals surface area contributed by atoms with Crippen molar-refractivity contribution >= 4 is 21.8 Å². The summed E-state index contributed by atoms with van der Waals surface area (Å²) in [7, 11) is 3.06. The molecular weight excluding hydrogens is 180 g/mol. The minimum absolute atomic E-state index is 0.889. The molecule has 0 spiro atoms. The Kier molecular flexibility index (Phi) is 5.39. The van der Waals surface area contributed by atoms with Crippen molar-refractivity contribution in [2.24, 2.45) is 5.14 Å². The van der Waals surface area contributed by atoms with Crippen LogP contribution in [0.15, 0.2) is 0 Å². The van der Waals surface area contributed by atoms with E-state index in [2.05, 4.69) is 4.90 Å². The smallest absolute Gasteiger partial charge is 0.0594 e. The molecule has 11 heavy (non-hydrogen) atoms. The molecule has 0 radical (unpaired) electrons. The lowest BCUT2D eigenvalue weighted by Gasteiger charge is -2.25. The number of hydrogen-bond donors (Lipinski definition) is 1. The van der Waals surface area contributed by atoms with Gasteiger partial charge in [-0.05, 0) is 11.0 Å². The van der Waals surface area contributed by atoms with Gasteiger partial charge in [0.1, 0.15) is 0 Å². The Morgan fingerprint density at radius 3 is 2.73 bits per heavy atom. The molecule has 5 heteroatoms.